The third kappa shape index (κ3) is 2.73. The monoisotopic (exact) mass is 262 g/mol. The number of anilines is 1. The lowest BCUT2D eigenvalue weighted by molar-refractivity contribution is -0.0403. The highest BCUT2D eigenvalue weighted by molar-refractivity contribution is 5.53. The summed E-state index contributed by atoms with van der Waals surface area (Å²) in [5, 5.41) is 4.01. The molecule has 1 atom stereocenters. The molecule has 0 radical (unpaired) electrons. The summed E-state index contributed by atoms with van der Waals surface area (Å²) in [5.74, 6) is 1.42. The fraction of sp³-hybridized carbons (Fsp3) is 0.462. The lowest BCUT2D eigenvalue weighted by Gasteiger charge is -2.23. The Kier molecular flexibility index (Phi) is 3.80. The normalized spacial score (nSPS) is 14.3. The van der Waals surface area contributed by atoms with Crippen LogP contribution < -0.4 is 5.73 Å². The first-order valence-corrected chi connectivity index (χ1v) is 6.29. The molecule has 0 fully saturated rings. The molecule has 0 amide bonds. The number of rotatable bonds is 5. The third-order valence-corrected chi connectivity index (χ3v) is 3.07. The highest BCUT2D eigenvalue weighted by Crippen LogP contribution is 2.28. The highest BCUT2D eigenvalue weighted by Gasteiger charge is 2.31. The molecule has 2 aromatic heterocycles. The quantitative estimate of drug-likeness (QED) is 0.890. The second-order valence-electron chi connectivity index (χ2n) is 4.41. The van der Waals surface area contributed by atoms with Gasteiger partial charge in [0.1, 0.15) is 11.4 Å². The summed E-state index contributed by atoms with van der Waals surface area (Å²) in [6, 6.07) is 3.49. The number of aromatic nitrogens is 3. The van der Waals surface area contributed by atoms with Gasteiger partial charge in [-0.3, -0.25) is 0 Å². The van der Waals surface area contributed by atoms with Crippen LogP contribution in [0.5, 0.6) is 0 Å². The van der Waals surface area contributed by atoms with E-state index in [-0.39, 0.29) is 0 Å². The van der Waals surface area contributed by atoms with Gasteiger partial charge >= 0.3 is 0 Å². The number of pyridine rings is 1. The Hall–Kier alpha value is -1.95. The van der Waals surface area contributed by atoms with Gasteiger partial charge in [-0.25, -0.2) is 4.98 Å². The van der Waals surface area contributed by atoms with Crippen LogP contribution in [0.25, 0.3) is 11.5 Å². The van der Waals surface area contributed by atoms with Gasteiger partial charge in [-0.1, -0.05) is 12.1 Å². The Morgan fingerprint density at radius 1 is 1.37 bits per heavy atom. The zero-order valence-corrected chi connectivity index (χ0v) is 11.4. The Balaban J connectivity index is 2.30. The molecule has 0 saturated heterocycles. The molecular formula is C13H18N4O2. The Bertz CT molecular complexity index is 538. The molecule has 0 spiro atoms. The number of nitrogens with two attached hydrogens (primary N) is 1. The standard InChI is InChI=1S/C13H18N4O2/c1-4-13(3,18-5-2)12-16-11(19-17-12)9-6-7-10(14)15-8-9/h6-8H,4-5H2,1-3H3,(H2,14,15). The largest absolute Gasteiger partial charge is 0.384 e. The van der Waals surface area contributed by atoms with E-state index in [4.69, 9.17) is 15.0 Å². The molecule has 2 N–H and O–H groups in total. The predicted octanol–water partition coefficient (Wildman–Crippen LogP) is 2.38. The molecular weight excluding hydrogens is 244 g/mol. The average Bonchev–Trinajstić information content (AvgIpc) is 2.90. The molecule has 0 bridgehead atoms. The van der Waals surface area contributed by atoms with E-state index >= 15 is 0 Å². The topological polar surface area (TPSA) is 87.1 Å². The second kappa shape index (κ2) is 5.36. The van der Waals surface area contributed by atoms with Crippen LogP contribution >= 0.6 is 0 Å². The van der Waals surface area contributed by atoms with E-state index in [0.717, 1.165) is 12.0 Å². The molecule has 0 aromatic carbocycles. The minimum atomic E-state index is -0.530. The van der Waals surface area contributed by atoms with Crippen molar-refractivity contribution in [1.82, 2.24) is 15.1 Å². The maximum atomic E-state index is 5.71. The van der Waals surface area contributed by atoms with Crippen LogP contribution in [0, 0.1) is 0 Å². The van der Waals surface area contributed by atoms with Crippen LogP contribution in [0.1, 0.15) is 33.0 Å². The molecule has 19 heavy (non-hydrogen) atoms. The van der Waals surface area contributed by atoms with Crippen molar-refractivity contribution in [2.45, 2.75) is 32.8 Å². The maximum Gasteiger partial charge on any atom is 0.259 e. The van der Waals surface area contributed by atoms with Crippen molar-refractivity contribution >= 4 is 5.82 Å². The van der Waals surface area contributed by atoms with Crippen LogP contribution in [0.3, 0.4) is 0 Å². The van der Waals surface area contributed by atoms with Crippen molar-refractivity contribution in [2.75, 3.05) is 12.3 Å². The van der Waals surface area contributed by atoms with E-state index in [1.54, 1.807) is 18.3 Å². The molecule has 102 valence electrons. The highest BCUT2D eigenvalue weighted by atomic mass is 16.5. The van der Waals surface area contributed by atoms with E-state index in [9.17, 15) is 0 Å². The molecule has 1 unspecified atom stereocenters. The van der Waals surface area contributed by atoms with Crippen LogP contribution in [0.2, 0.25) is 0 Å². The zero-order chi connectivity index (χ0) is 13.9. The fourth-order valence-electron chi connectivity index (χ4n) is 1.73. The van der Waals surface area contributed by atoms with Crippen molar-refractivity contribution in [3.05, 3.63) is 24.2 Å². The second-order valence-corrected chi connectivity index (χ2v) is 4.41. The van der Waals surface area contributed by atoms with E-state index in [2.05, 4.69) is 15.1 Å². The summed E-state index contributed by atoms with van der Waals surface area (Å²) in [7, 11) is 0. The SMILES string of the molecule is CCOC(C)(CC)c1noc(-c2ccc(N)nc2)n1. The number of hydrogen-bond acceptors (Lipinski definition) is 6. The minimum Gasteiger partial charge on any atom is -0.384 e. The number of nitrogen functional groups attached to an aromatic ring is 1. The first-order valence-electron chi connectivity index (χ1n) is 6.29. The maximum absolute atomic E-state index is 5.71. The van der Waals surface area contributed by atoms with Crippen LogP contribution in [-0.2, 0) is 10.3 Å². The Morgan fingerprint density at radius 2 is 2.16 bits per heavy atom. The molecule has 0 aliphatic heterocycles. The first-order chi connectivity index (χ1) is 9.09. The van der Waals surface area contributed by atoms with Gasteiger partial charge in [0.2, 0.25) is 5.82 Å². The number of hydrogen-bond donors (Lipinski definition) is 1. The Morgan fingerprint density at radius 3 is 2.74 bits per heavy atom. The number of nitrogens with zero attached hydrogens (tertiary/aromatic N) is 3. The van der Waals surface area contributed by atoms with Gasteiger partial charge in [-0.2, -0.15) is 4.98 Å². The summed E-state index contributed by atoms with van der Waals surface area (Å²) in [6.45, 7) is 6.51. The van der Waals surface area contributed by atoms with E-state index < -0.39 is 5.60 Å². The van der Waals surface area contributed by atoms with Gasteiger partial charge in [0.05, 0.1) is 5.56 Å². The molecule has 6 heteroatoms. The summed E-state index contributed by atoms with van der Waals surface area (Å²) in [5.41, 5.74) is 5.75. The molecule has 0 aliphatic rings. The van der Waals surface area contributed by atoms with Crippen molar-refractivity contribution in [2.24, 2.45) is 0 Å². The number of ether oxygens (including phenoxy) is 1. The van der Waals surface area contributed by atoms with Gasteiger partial charge in [-0.05, 0) is 32.4 Å². The summed E-state index contributed by atoms with van der Waals surface area (Å²) >= 11 is 0. The summed E-state index contributed by atoms with van der Waals surface area (Å²) < 4.78 is 11.0. The third-order valence-electron chi connectivity index (χ3n) is 3.07. The van der Waals surface area contributed by atoms with Crippen LogP contribution in [0.15, 0.2) is 22.9 Å². The summed E-state index contributed by atoms with van der Waals surface area (Å²) in [4.78, 5) is 8.39. The lowest BCUT2D eigenvalue weighted by Crippen LogP contribution is -2.26. The van der Waals surface area contributed by atoms with Gasteiger partial charge in [0.25, 0.3) is 5.89 Å². The van der Waals surface area contributed by atoms with E-state index in [0.29, 0.717) is 24.1 Å². The van der Waals surface area contributed by atoms with Crippen LogP contribution in [0.4, 0.5) is 5.82 Å². The Labute approximate surface area is 112 Å². The van der Waals surface area contributed by atoms with Crippen molar-refractivity contribution in [3.63, 3.8) is 0 Å². The minimum absolute atomic E-state index is 0.418. The van der Waals surface area contributed by atoms with Crippen molar-refractivity contribution < 1.29 is 9.26 Å². The van der Waals surface area contributed by atoms with Gasteiger partial charge < -0.3 is 15.0 Å². The van der Waals surface area contributed by atoms with Crippen molar-refractivity contribution in [3.8, 4) is 11.5 Å². The van der Waals surface area contributed by atoms with Crippen LogP contribution in [-0.4, -0.2) is 21.7 Å². The predicted molar refractivity (Wildman–Crippen MR) is 71.2 cm³/mol. The van der Waals surface area contributed by atoms with E-state index in [1.165, 1.54) is 0 Å². The van der Waals surface area contributed by atoms with E-state index in [1.807, 2.05) is 20.8 Å². The molecule has 0 aliphatic carbocycles. The zero-order valence-electron chi connectivity index (χ0n) is 11.4. The van der Waals surface area contributed by atoms with Gasteiger partial charge in [0, 0.05) is 12.8 Å². The molecule has 2 heterocycles. The summed E-state index contributed by atoms with van der Waals surface area (Å²) in [6.07, 6.45) is 2.37. The smallest absolute Gasteiger partial charge is 0.259 e. The van der Waals surface area contributed by atoms with Gasteiger partial charge in [-0.15, -0.1) is 0 Å². The van der Waals surface area contributed by atoms with Crippen molar-refractivity contribution in [1.29, 1.82) is 0 Å². The molecule has 0 saturated carbocycles. The molecule has 2 aromatic rings. The fourth-order valence-corrected chi connectivity index (χ4v) is 1.73. The average molecular weight is 262 g/mol. The van der Waals surface area contributed by atoms with Gasteiger partial charge in [0.15, 0.2) is 0 Å². The molecule has 6 nitrogen and oxygen atoms in total. The first kappa shape index (κ1) is 13.5. The lowest BCUT2D eigenvalue weighted by atomic mass is 10.0. The molecule has 2 rings (SSSR count).